The predicted octanol–water partition coefficient (Wildman–Crippen LogP) is 1.88. The van der Waals surface area contributed by atoms with Crippen LogP contribution in [0.4, 0.5) is 10.2 Å². The smallest absolute Gasteiger partial charge is 0.191 e. The third-order valence-corrected chi connectivity index (χ3v) is 2.44. The quantitative estimate of drug-likeness (QED) is 0.899. The zero-order valence-corrected chi connectivity index (χ0v) is 9.98. The number of benzene rings is 1. The van der Waals surface area contributed by atoms with Gasteiger partial charge in [0.1, 0.15) is 23.5 Å². The highest BCUT2D eigenvalue weighted by atomic mass is 19.1. The average molecular weight is 249 g/mol. The fourth-order valence-corrected chi connectivity index (χ4v) is 1.53. The van der Waals surface area contributed by atoms with E-state index in [1.165, 1.54) is 20.5 Å². The summed E-state index contributed by atoms with van der Waals surface area (Å²) in [7, 11) is 3.03. The number of rotatable bonds is 3. The Morgan fingerprint density at radius 2 is 1.67 bits per heavy atom. The summed E-state index contributed by atoms with van der Waals surface area (Å²) in [6.07, 6.45) is 1.21. The standard InChI is InChI=1S/C12H12FN3O2/c1-17-8-3-7(4-9(5-8)18-2)11-10(13)12(14)16-6-15-11/h3-6H,1-2H3,(H2,14,15,16). The Morgan fingerprint density at radius 1 is 1.06 bits per heavy atom. The van der Waals surface area contributed by atoms with Gasteiger partial charge in [-0.15, -0.1) is 0 Å². The van der Waals surface area contributed by atoms with E-state index in [-0.39, 0.29) is 11.5 Å². The molecule has 0 unspecified atom stereocenters. The summed E-state index contributed by atoms with van der Waals surface area (Å²) in [5.74, 6) is 0.233. The molecule has 0 saturated heterocycles. The van der Waals surface area contributed by atoms with Crippen LogP contribution in [-0.4, -0.2) is 24.2 Å². The van der Waals surface area contributed by atoms with Crippen molar-refractivity contribution < 1.29 is 13.9 Å². The fraction of sp³-hybridized carbons (Fsp3) is 0.167. The van der Waals surface area contributed by atoms with Crippen LogP contribution in [0.5, 0.6) is 11.5 Å². The van der Waals surface area contributed by atoms with Crippen molar-refractivity contribution in [1.82, 2.24) is 9.97 Å². The predicted molar refractivity (Wildman–Crippen MR) is 64.9 cm³/mol. The number of methoxy groups -OCH3 is 2. The summed E-state index contributed by atoms with van der Waals surface area (Å²) in [6.45, 7) is 0. The fourth-order valence-electron chi connectivity index (χ4n) is 1.53. The molecule has 2 aromatic rings. The molecular weight excluding hydrogens is 237 g/mol. The van der Waals surface area contributed by atoms with Crippen LogP contribution < -0.4 is 15.2 Å². The molecule has 2 rings (SSSR count). The van der Waals surface area contributed by atoms with E-state index in [9.17, 15) is 4.39 Å². The molecule has 0 spiro atoms. The summed E-state index contributed by atoms with van der Waals surface area (Å²) in [5, 5.41) is 0. The molecule has 0 aliphatic rings. The molecule has 0 fully saturated rings. The normalized spacial score (nSPS) is 10.2. The van der Waals surface area contributed by atoms with Gasteiger partial charge in [0.05, 0.1) is 14.2 Å². The van der Waals surface area contributed by atoms with Gasteiger partial charge in [-0.05, 0) is 12.1 Å². The summed E-state index contributed by atoms with van der Waals surface area (Å²) in [6, 6.07) is 4.98. The van der Waals surface area contributed by atoms with E-state index in [0.717, 1.165) is 0 Å². The lowest BCUT2D eigenvalue weighted by Crippen LogP contribution is -2.00. The van der Waals surface area contributed by atoms with Gasteiger partial charge in [-0.25, -0.2) is 14.4 Å². The number of hydrogen-bond acceptors (Lipinski definition) is 5. The highest BCUT2D eigenvalue weighted by Crippen LogP contribution is 2.30. The van der Waals surface area contributed by atoms with E-state index in [4.69, 9.17) is 15.2 Å². The molecule has 0 saturated carbocycles. The van der Waals surface area contributed by atoms with Crippen molar-refractivity contribution >= 4 is 5.82 Å². The van der Waals surface area contributed by atoms with Crippen LogP contribution in [0.2, 0.25) is 0 Å². The molecule has 0 bridgehead atoms. The van der Waals surface area contributed by atoms with Crippen LogP contribution in [0.15, 0.2) is 24.5 Å². The number of nitrogen functional groups attached to an aromatic ring is 1. The molecule has 2 N–H and O–H groups in total. The SMILES string of the molecule is COc1cc(OC)cc(-c2ncnc(N)c2F)c1. The number of halogens is 1. The maximum atomic E-state index is 13.8. The molecule has 18 heavy (non-hydrogen) atoms. The zero-order valence-electron chi connectivity index (χ0n) is 9.98. The zero-order chi connectivity index (χ0) is 13.1. The monoisotopic (exact) mass is 249 g/mol. The Balaban J connectivity index is 2.59. The van der Waals surface area contributed by atoms with E-state index in [1.54, 1.807) is 18.2 Å². The Morgan fingerprint density at radius 3 is 2.22 bits per heavy atom. The molecule has 0 amide bonds. The van der Waals surface area contributed by atoms with Gasteiger partial charge in [-0.2, -0.15) is 0 Å². The first kappa shape index (κ1) is 12.1. The van der Waals surface area contributed by atoms with Crippen molar-refractivity contribution in [2.75, 3.05) is 20.0 Å². The van der Waals surface area contributed by atoms with Crippen LogP contribution >= 0.6 is 0 Å². The van der Waals surface area contributed by atoms with Crippen molar-refractivity contribution in [2.24, 2.45) is 0 Å². The molecule has 0 aliphatic heterocycles. The molecule has 94 valence electrons. The third kappa shape index (κ3) is 2.17. The van der Waals surface area contributed by atoms with E-state index in [1.807, 2.05) is 0 Å². The maximum Gasteiger partial charge on any atom is 0.191 e. The maximum absolute atomic E-state index is 13.8. The van der Waals surface area contributed by atoms with E-state index in [0.29, 0.717) is 17.1 Å². The van der Waals surface area contributed by atoms with Crippen LogP contribution in [-0.2, 0) is 0 Å². The average Bonchev–Trinajstić information content (AvgIpc) is 2.41. The van der Waals surface area contributed by atoms with Crippen LogP contribution in [0, 0.1) is 5.82 Å². The summed E-state index contributed by atoms with van der Waals surface area (Å²) in [5.41, 5.74) is 6.03. The van der Waals surface area contributed by atoms with Crippen molar-refractivity contribution in [3.05, 3.63) is 30.3 Å². The van der Waals surface area contributed by atoms with Crippen molar-refractivity contribution in [1.29, 1.82) is 0 Å². The van der Waals surface area contributed by atoms with E-state index >= 15 is 0 Å². The Kier molecular flexibility index (Phi) is 3.27. The molecule has 5 nitrogen and oxygen atoms in total. The van der Waals surface area contributed by atoms with Crippen molar-refractivity contribution in [2.45, 2.75) is 0 Å². The molecule has 1 aromatic heterocycles. The van der Waals surface area contributed by atoms with Gasteiger partial charge in [-0.3, -0.25) is 0 Å². The molecule has 6 heteroatoms. The highest BCUT2D eigenvalue weighted by molar-refractivity contribution is 5.66. The molecular formula is C12H12FN3O2. The van der Waals surface area contributed by atoms with Crippen LogP contribution in [0.3, 0.4) is 0 Å². The Bertz CT molecular complexity index is 553. The third-order valence-electron chi connectivity index (χ3n) is 2.44. The van der Waals surface area contributed by atoms with Gasteiger partial charge in [0.15, 0.2) is 11.6 Å². The Hall–Kier alpha value is -2.37. The number of nitrogens with zero attached hydrogens (tertiary/aromatic N) is 2. The number of nitrogens with two attached hydrogens (primary N) is 1. The van der Waals surface area contributed by atoms with Crippen LogP contribution in [0.1, 0.15) is 0 Å². The Labute approximate surface area is 103 Å². The van der Waals surface area contributed by atoms with Gasteiger partial charge in [0, 0.05) is 11.6 Å². The molecule has 0 aliphatic carbocycles. The minimum Gasteiger partial charge on any atom is -0.497 e. The van der Waals surface area contributed by atoms with Crippen molar-refractivity contribution in [3.63, 3.8) is 0 Å². The van der Waals surface area contributed by atoms with Crippen molar-refractivity contribution in [3.8, 4) is 22.8 Å². The second-order valence-electron chi connectivity index (χ2n) is 3.52. The summed E-state index contributed by atoms with van der Waals surface area (Å²) < 4.78 is 24.1. The first-order valence-electron chi connectivity index (χ1n) is 5.15. The first-order valence-corrected chi connectivity index (χ1v) is 5.15. The number of ether oxygens (including phenoxy) is 2. The van der Waals surface area contributed by atoms with Gasteiger partial charge >= 0.3 is 0 Å². The number of aromatic nitrogens is 2. The second-order valence-corrected chi connectivity index (χ2v) is 3.52. The van der Waals surface area contributed by atoms with Gasteiger partial charge < -0.3 is 15.2 Å². The minimum absolute atomic E-state index is 0.111. The molecule has 1 aromatic carbocycles. The minimum atomic E-state index is -0.659. The summed E-state index contributed by atoms with van der Waals surface area (Å²) >= 11 is 0. The van der Waals surface area contributed by atoms with Gasteiger partial charge in [0.2, 0.25) is 0 Å². The highest BCUT2D eigenvalue weighted by Gasteiger charge is 2.13. The molecule has 1 heterocycles. The largest absolute Gasteiger partial charge is 0.497 e. The van der Waals surface area contributed by atoms with Gasteiger partial charge in [-0.1, -0.05) is 0 Å². The first-order chi connectivity index (χ1) is 8.65. The van der Waals surface area contributed by atoms with E-state index in [2.05, 4.69) is 9.97 Å². The topological polar surface area (TPSA) is 70.3 Å². The number of hydrogen-bond donors (Lipinski definition) is 1. The lowest BCUT2D eigenvalue weighted by Gasteiger charge is -2.09. The van der Waals surface area contributed by atoms with E-state index < -0.39 is 5.82 Å². The molecule has 0 radical (unpaired) electrons. The summed E-state index contributed by atoms with van der Waals surface area (Å²) in [4.78, 5) is 7.46. The lowest BCUT2D eigenvalue weighted by molar-refractivity contribution is 0.394. The number of anilines is 1. The van der Waals surface area contributed by atoms with Gasteiger partial charge in [0.25, 0.3) is 0 Å². The van der Waals surface area contributed by atoms with Crippen LogP contribution in [0.25, 0.3) is 11.3 Å². The lowest BCUT2D eigenvalue weighted by atomic mass is 10.1. The second kappa shape index (κ2) is 4.87. The molecule has 0 atom stereocenters.